The quantitative estimate of drug-likeness (QED) is 0.640. The topological polar surface area (TPSA) is 38.7 Å². The van der Waals surface area contributed by atoms with Crippen LogP contribution in [-0.4, -0.2) is 31.0 Å². The van der Waals surface area contributed by atoms with Crippen LogP contribution in [-0.2, 0) is 4.74 Å². The lowest BCUT2D eigenvalue weighted by atomic mass is 10.1. The second-order valence-corrected chi connectivity index (χ2v) is 4.93. The average Bonchev–Trinajstić information content (AvgIpc) is 2.99. The third-order valence-corrected chi connectivity index (χ3v) is 3.29. The van der Waals surface area contributed by atoms with Crippen LogP contribution in [0, 0.1) is 11.8 Å². The lowest BCUT2D eigenvalue weighted by Gasteiger charge is -2.10. The van der Waals surface area contributed by atoms with Crippen molar-refractivity contribution in [1.29, 1.82) is 0 Å². The van der Waals surface area contributed by atoms with Gasteiger partial charge in [0.2, 0.25) is 0 Å². The van der Waals surface area contributed by atoms with E-state index in [1.807, 2.05) is 24.3 Å². The molecule has 1 fully saturated rings. The molecule has 0 aliphatic carbocycles. The first-order chi connectivity index (χ1) is 9.88. The van der Waals surface area contributed by atoms with E-state index in [-0.39, 0.29) is 6.61 Å². The van der Waals surface area contributed by atoms with Crippen molar-refractivity contribution in [2.75, 3.05) is 19.8 Å². The molecule has 20 heavy (non-hydrogen) atoms. The van der Waals surface area contributed by atoms with Crippen molar-refractivity contribution in [3.8, 4) is 17.6 Å². The van der Waals surface area contributed by atoms with E-state index in [9.17, 15) is 0 Å². The van der Waals surface area contributed by atoms with Crippen molar-refractivity contribution < 1.29 is 14.6 Å². The van der Waals surface area contributed by atoms with Gasteiger partial charge in [-0.1, -0.05) is 11.8 Å². The first kappa shape index (κ1) is 14.9. The fourth-order valence-electron chi connectivity index (χ4n) is 2.23. The summed E-state index contributed by atoms with van der Waals surface area (Å²) in [4.78, 5) is 0. The van der Waals surface area contributed by atoms with Crippen LogP contribution in [0.15, 0.2) is 24.3 Å². The summed E-state index contributed by atoms with van der Waals surface area (Å²) in [5.74, 6) is 6.77. The van der Waals surface area contributed by atoms with E-state index in [0.29, 0.717) is 12.5 Å². The van der Waals surface area contributed by atoms with Crippen molar-refractivity contribution in [3.63, 3.8) is 0 Å². The van der Waals surface area contributed by atoms with Crippen molar-refractivity contribution >= 4 is 0 Å². The minimum absolute atomic E-state index is 0.110. The van der Waals surface area contributed by atoms with E-state index >= 15 is 0 Å². The van der Waals surface area contributed by atoms with Gasteiger partial charge in [0.25, 0.3) is 0 Å². The molecule has 1 aliphatic heterocycles. The first-order valence-electron chi connectivity index (χ1n) is 7.32. The maximum atomic E-state index is 8.66. The van der Waals surface area contributed by atoms with Crippen LogP contribution in [0.5, 0.6) is 5.75 Å². The SMILES string of the molecule is OCCC#Cc1ccc(OCCCC2CCCO2)cc1. The van der Waals surface area contributed by atoms with Crippen molar-refractivity contribution in [2.45, 2.75) is 38.2 Å². The van der Waals surface area contributed by atoms with E-state index in [4.69, 9.17) is 14.6 Å². The predicted octanol–water partition coefficient (Wildman–Crippen LogP) is 2.76. The Hall–Kier alpha value is -1.50. The Balaban J connectivity index is 1.67. The molecule has 1 unspecified atom stereocenters. The van der Waals surface area contributed by atoms with Gasteiger partial charge in [-0.25, -0.2) is 0 Å². The first-order valence-corrected chi connectivity index (χ1v) is 7.32. The highest BCUT2D eigenvalue weighted by Gasteiger charge is 2.14. The Morgan fingerprint density at radius 1 is 1.30 bits per heavy atom. The molecule has 1 aliphatic rings. The molecule has 1 aromatic carbocycles. The minimum Gasteiger partial charge on any atom is -0.494 e. The number of benzene rings is 1. The Morgan fingerprint density at radius 2 is 2.15 bits per heavy atom. The lowest BCUT2D eigenvalue weighted by molar-refractivity contribution is 0.0981. The smallest absolute Gasteiger partial charge is 0.119 e. The van der Waals surface area contributed by atoms with Gasteiger partial charge in [0.15, 0.2) is 0 Å². The number of aliphatic hydroxyl groups excluding tert-OH is 1. The zero-order chi connectivity index (χ0) is 14.0. The van der Waals surface area contributed by atoms with Crippen LogP contribution in [0.25, 0.3) is 0 Å². The molecule has 108 valence electrons. The monoisotopic (exact) mass is 274 g/mol. The van der Waals surface area contributed by atoms with Crippen LogP contribution in [0.4, 0.5) is 0 Å². The summed E-state index contributed by atoms with van der Waals surface area (Å²) >= 11 is 0. The summed E-state index contributed by atoms with van der Waals surface area (Å²) < 4.78 is 11.3. The zero-order valence-corrected chi connectivity index (χ0v) is 11.8. The zero-order valence-electron chi connectivity index (χ0n) is 11.8. The molecular weight excluding hydrogens is 252 g/mol. The third-order valence-electron chi connectivity index (χ3n) is 3.29. The highest BCUT2D eigenvalue weighted by molar-refractivity contribution is 5.38. The van der Waals surface area contributed by atoms with E-state index < -0.39 is 0 Å². The van der Waals surface area contributed by atoms with Gasteiger partial charge in [0.05, 0.1) is 19.3 Å². The van der Waals surface area contributed by atoms with Crippen molar-refractivity contribution in [1.82, 2.24) is 0 Å². The van der Waals surface area contributed by atoms with Gasteiger partial charge in [0.1, 0.15) is 5.75 Å². The molecule has 1 heterocycles. The molecule has 2 rings (SSSR count). The van der Waals surface area contributed by atoms with Crippen LogP contribution < -0.4 is 4.74 Å². The highest BCUT2D eigenvalue weighted by Crippen LogP contribution is 2.17. The van der Waals surface area contributed by atoms with Gasteiger partial charge in [-0.05, 0) is 49.9 Å². The molecule has 3 nitrogen and oxygen atoms in total. The largest absolute Gasteiger partial charge is 0.494 e. The lowest BCUT2D eigenvalue weighted by Crippen LogP contribution is -2.07. The Bertz CT molecular complexity index is 436. The van der Waals surface area contributed by atoms with Crippen LogP contribution >= 0.6 is 0 Å². The van der Waals surface area contributed by atoms with Gasteiger partial charge < -0.3 is 14.6 Å². The van der Waals surface area contributed by atoms with Crippen LogP contribution in [0.1, 0.15) is 37.7 Å². The van der Waals surface area contributed by atoms with Gasteiger partial charge in [-0.3, -0.25) is 0 Å². The third kappa shape index (κ3) is 5.24. The number of hydrogen-bond acceptors (Lipinski definition) is 3. The van der Waals surface area contributed by atoms with Crippen LogP contribution in [0.3, 0.4) is 0 Å². The summed E-state index contributed by atoms with van der Waals surface area (Å²) in [5, 5.41) is 8.66. The standard InChI is InChI=1S/C17H22O3/c18-12-2-1-5-15-8-10-17(11-9-15)20-14-4-7-16-6-3-13-19-16/h8-11,16,18H,2-4,6-7,12-14H2. The maximum absolute atomic E-state index is 8.66. The maximum Gasteiger partial charge on any atom is 0.119 e. The molecule has 0 amide bonds. The molecule has 0 spiro atoms. The Morgan fingerprint density at radius 3 is 2.85 bits per heavy atom. The molecular formula is C17H22O3. The Kier molecular flexibility index (Phi) is 6.43. The average molecular weight is 274 g/mol. The molecule has 1 saturated heterocycles. The van der Waals surface area contributed by atoms with E-state index in [1.54, 1.807) is 0 Å². The summed E-state index contributed by atoms with van der Waals surface area (Å²) in [5.41, 5.74) is 0.949. The number of ether oxygens (including phenoxy) is 2. The van der Waals surface area contributed by atoms with Gasteiger partial charge in [-0.15, -0.1) is 0 Å². The van der Waals surface area contributed by atoms with Crippen molar-refractivity contribution in [2.24, 2.45) is 0 Å². The molecule has 1 N–H and O–H groups in total. The van der Waals surface area contributed by atoms with Gasteiger partial charge in [0, 0.05) is 18.6 Å². The van der Waals surface area contributed by atoms with E-state index in [1.165, 1.54) is 12.8 Å². The van der Waals surface area contributed by atoms with E-state index in [0.717, 1.165) is 37.4 Å². The molecule has 0 radical (unpaired) electrons. The number of hydrogen-bond donors (Lipinski definition) is 1. The van der Waals surface area contributed by atoms with E-state index in [2.05, 4.69) is 11.8 Å². The predicted molar refractivity (Wildman–Crippen MR) is 78.7 cm³/mol. The fraction of sp³-hybridized carbons (Fsp3) is 0.529. The second kappa shape index (κ2) is 8.63. The molecule has 1 atom stereocenters. The van der Waals surface area contributed by atoms with Crippen LogP contribution in [0.2, 0.25) is 0 Å². The normalized spacial score (nSPS) is 17.6. The fourth-order valence-corrected chi connectivity index (χ4v) is 2.23. The van der Waals surface area contributed by atoms with Gasteiger partial charge in [-0.2, -0.15) is 0 Å². The minimum atomic E-state index is 0.110. The number of aliphatic hydroxyl groups is 1. The molecule has 0 aromatic heterocycles. The summed E-state index contributed by atoms with van der Waals surface area (Å²) in [6.45, 7) is 1.76. The van der Waals surface area contributed by atoms with Crippen molar-refractivity contribution in [3.05, 3.63) is 29.8 Å². The summed E-state index contributed by atoms with van der Waals surface area (Å²) in [6.07, 6.45) is 5.48. The summed E-state index contributed by atoms with van der Waals surface area (Å²) in [7, 11) is 0. The van der Waals surface area contributed by atoms with Gasteiger partial charge >= 0.3 is 0 Å². The highest BCUT2D eigenvalue weighted by atomic mass is 16.5. The molecule has 3 heteroatoms. The molecule has 0 saturated carbocycles. The number of rotatable bonds is 6. The molecule has 0 bridgehead atoms. The summed E-state index contributed by atoms with van der Waals surface area (Å²) in [6, 6.07) is 7.77. The molecule has 1 aromatic rings. The second-order valence-electron chi connectivity index (χ2n) is 4.93. The Labute approximate surface area is 120 Å².